The average molecular weight is 345 g/mol. The van der Waals surface area contributed by atoms with Gasteiger partial charge in [0.1, 0.15) is 5.82 Å². The molecule has 0 atom stereocenters. The van der Waals surface area contributed by atoms with E-state index in [-0.39, 0.29) is 31.1 Å². The molecule has 0 heterocycles. The molecule has 25 heavy (non-hydrogen) atoms. The fraction of sp³-hybridized carbons (Fsp3) is 0.263. The molecule has 0 aliphatic heterocycles. The Morgan fingerprint density at radius 1 is 1.00 bits per heavy atom. The molecule has 6 heteroatoms. The fourth-order valence-corrected chi connectivity index (χ4v) is 2.38. The fourth-order valence-electron chi connectivity index (χ4n) is 2.38. The maximum Gasteiger partial charge on any atom is 0.220 e. The Morgan fingerprint density at radius 2 is 1.72 bits per heavy atom. The van der Waals surface area contributed by atoms with Crippen LogP contribution in [0.5, 0.6) is 11.5 Å². The summed E-state index contributed by atoms with van der Waals surface area (Å²) in [5, 5.41) is 2.75. The standard InChI is InChI=1S/C19H20FNO4/c1-24-17-5-3-4-14(19(17)25-2)12-21-18(23)11-10-16(22)13-6-8-15(20)9-7-13/h3-9H,10-12H2,1-2H3,(H,21,23). The van der Waals surface area contributed by atoms with E-state index in [1.165, 1.54) is 31.4 Å². The number of carbonyl (C=O) groups excluding carboxylic acids is 2. The van der Waals surface area contributed by atoms with E-state index >= 15 is 0 Å². The highest BCUT2D eigenvalue weighted by Gasteiger charge is 2.12. The van der Waals surface area contributed by atoms with E-state index in [2.05, 4.69) is 5.32 Å². The second-order valence-electron chi connectivity index (χ2n) is 5.36. The number of hydrogen-bond acceptors (Lipinski definition) is 4. The number of Topliss-reactive ketones (excluding diaryl/α,β-unsaturated/α-hetero) is 1. The number of carbonyl (C=O) groups is 2. The van der Waals surface area contributed by atoms with E-state index in [9.17, 15) is 14.0 Å². The van der Waals surface area contributed by atoms with Gasteiger partial charge in [0.15, 0.2) is 17.3 Å². The smallest absolute Gasteiger partial charge is 0.220 e. The van der Waals surface area contributed by atoms with Gasteiger partial charge < -0.3 is 14.8 Å². The van der Waals surface area contributed by atoms with Gasteiger partial charge in [-0.05, 0) is 30.3 Å². The van der Waals surface area contributed by atoms with Gasteiger partial charge in [-0.2, -0.15) is 0 Å². The normalized spacial score (nSPS) is 10.2. The monoisotopic (exact) mass is 345 g/mol. The summed E-state index contributed by atoms with van der Waals surface area (Å²) in [6.07, 6.45) is 0.120. The van der Waals surface area contributed by atoms with Gasteiger partial charge in [-0.15, -0.1) is 0 Å². The highest BCUT2D eigenvalue weighted by molar-refractivity contribution is 5.97. The highest BCUT2D eigenvalue weighted by atomic mass is 19.1. The van der Waals surface area contributed by atoms with Crippen molar-refractivity contribution in [2.45, 2.75) is 19.4 Å². The number of nitrogens with one attached hydrogen (secondary N) is 1. The third-order valence-corrected chi connectivity index (χ3v) is 3.71. The molecular weight excluding hydrogens is 325 g/mol. The maximum absolute atomic E-state index is 12.8. The third-order valence-electron chi connectivity index (χ3n) is 3.71. The quantitative estimate of drug-likeness (QED) is 0.747. The second-order valence-corrected chi connectivity index (χ2v) is 5.36. The Hall–Kier alpha value is -2.89. The molecule has 2 rings (SSSR count). The van der Waals surface area contributed by atoms with Crippen LogP contribution in [0, 0.1) is 5.82 Å². The summed E-state index contributed by atoms with van der Waals surface area (Å²) in [5.41, 5.74) is 1.17. The number of benzene rings is 2. The lowest BCUT2D eigenvalue weighted by Crippen LogP contribution is -2.23. The molecule has 0 unspecified atom stereocenters. The molecule has 5 nitrogen and oxygen atoms in total. The molecule has 2 aromatic rings. The van der Waals surface area contributed by atoms with Crippen molar-refractivity contribution in [3.63, 3.8) is 0 Å². The molecule has 0 saturated heterocycles. The lowest BCUT2D eigenvalue weighted by molar-refractivity contribution is -0.121. The van der Waals surface area contributed by atoms with E-state index in [0.717, 1.165) is 5.56 Å². The Bertz CT molecular complexity index is 744. The van der Waals surface area contributed by atoms with E-state index in [4.69, 9.17) is 9.47 Å². The number of ether oxygens (including phenoxy) is 2. The van der Waals surface area contributed by atoms with Crippen molar-refractivity contribution >= 4 is 11.7 Å². The summed E-state index contributed by atoms with van der Waals surface area (Å²) in [4.78, 5) is 23.9. The van der Waals surface area contributed by atoms with Crippen LogP contribution in [-0.4, -0.2) is 25.9 Å². The largest absolute Gasteiger partial charge is 0.493 e. The van der Waals surface area contributed by atoms with Gasteiger partial charge in [-0.3, -0.25) is 9.59 Å². The van der Waals surface area contributed by atoms with Crippen molar-refractivity contribution in [3.05, 3.63) is 59.4 Å². The molecule has 2 aromatic carbocycles. The Balaban J connectivity index is 1.87. The van der Waals surface area contributed by atoms with E-state index in [0.29, 0.717) is 17.1 Å². The summed E-state index contributed by atoms with van der Waals surface area (Å²) in [6.45, 7) is 0.268. The van der Waals surface area contributed by atoms with Crippen molar-refractivity contribution < 1.29 is 23.5 Å². The Morgan fingerprint density at radius 3 is 2.36 bits per heavy atom. The number of ketones is 1. The molecule has 0 spiro atoms. The molecular formula is C19H20FNO4. The first-order chi connectivity index (χ1) is 12.0. The van der Waals surface area contributed by atoms with Gasteiger partial charge in [0.05, 0.1) is 14.2 Å². The van der Waals surface area contributed by atoms with Crippen molar-refractivity contribution in [3.8, 4) is 11.5 Å². The Labute approximate surface area is 145 Å². The first-order valence-electron chi connectivity index (χ1n) is 7.80. The lowest BCUT2D eigenvalue weighted by Gasteiger charge is -2.13. The summed E-state index contributed by atoms with van der Waals surface area (Å²) in [7, 11) is 3.08. The zero-order valence-corrected chi connectivity index (χ0v) is 14.2. The minimum Gasteiger partial charge on any atom is -0.493 e. The average Bonchev–Trinajstić information content (AvgIpc) is 2.64. The van der Waals surface area contributed by atoms with Crippen LogP contribution in [0.4, 0.5) is 4.39 Å². The number of methoxy groups -OCH3 is 2. The topological polar surface area (TPSA) is 64.6 Å². The molecule has 1 N–H and O–H groups in total. The molecule has 0 aliphatic rings. The van der Waals surface area contributed by atoms with Gasteiger partial charge >= 0.3 is 0 Å². The molecule has 132 valence electrons. The summed E-state index contributed by atoms with van der Waals surface area (Å²) in [6, 6.07) is 10.7. The van der Waals surface area contributed by atoms with Crippen molar-refractivity contribution in [1.82, 2.24) is 5.32 Å². The van der Waals surface area contributed by atoms with Crippen LogP contribution in [0.15, 0.2) is 42.5 Å². The van der Waals surface area contributed by atoms with Gasteiger partial charge in [0, 0.05) is 30.5 Å². The molecule has 0 aromatic heterocycles. The number of para-hydroxylation sites is 1. The van der Waals surface area contributed by atoms with Crippen LogP contribution in [-0.2, 0) is 11.3 Å². The number of amides is 1. The highest BCUT2D eigenvalue weighted by Crippen LogP contribution is 2.30. The van der Waals surface area contributed by atoms with Crippen LogP contribution in [0.3, 0.4) is 0 Å². The predicted molar refractivity (Wildman–Crippen MR) is 91.4 cm³/mol. The SMILES string of the molecule is COc1cccc(CNC(=O)CCC(=O)c2ccc(F)cc2)c1OC. The summed E-state index contributed by atoms with van der Waals surface area (Å²) in [5.74, 6) is 0.296. The minimum atomic E-state index is -0.401. The predicted octanol–water partition coefficient (Wildman–Crippen LogP) is 3.12. The lowest BCUT2D eigenvalue weighted by atomic mass is 10.1. The summed E-state index contributed by atoms with van der Waals surface area (Å²) >= 11 is 0. The first-order valence-corrected chi connectivity index (χ1v) is 7.80. The zero-order valence-electron chi connectivity index (χ0n) is 14.2. The molecule has 0 fully saturated rings. The van der Waals surface area contributed by atoms with Crippen LogP contribution in [0.1, 0.15) is 28.8 Å². The first kappa shape index (κ1) is 18.4. The van der Waals surface area contributed by atoms with Gasteiger partial charge in [-0.1, -0.05) is 12.1 Å². The maximum atomic E-state index is 12.8. The van der Waals surface area contributed by atoms with Crippen molar-refractivity contribution in [2.24, 2.45) is 0 Å². The van der Waals surface area contributed by atoms with E-state index < -0.39 is 5.82 Å². The molecule has 0 radical (unpaired) electrons. The van der Waals surface area contributed by atoms with Gasteiger partial charge in [0.25, 0.3) is 0 Å². The zero-order chi connectivity index (χ0) is 18.2. The van der Waals surface area contributed by atoms with Crippen molar-refractivity contribution in [1.29, 1.82) is 0 Å². The number of halogens is 1. The van der Waals surface area contributed by atoms with E-state index in [1.807, 2.05) is 6.07 Å². The van der Waals surface area contributed by atoms with Crippen molar-refractivity contribution in [2.75, 3.05) is 14.2 Å². The van der Waals surface area contributed by atoms with Crippen LogP contribution in [0.2, 0.25) is 0 Å². The van der Waals surface area contributed by atoms with Crippen LogP contribution >= 0.6 is 0 Å². The molecule has 1 amide bonds. The second kappa shape index (κ2) is 8.82. The molecule has 0 saturated carbocycles. The van der Waals surface area contributed by atoms with Gasteiger partial charge in [-0.25, -0.2) is 4.39 Å². The number of hydrogen-bond donors (Lipinski definition) is 1. The summed E-state index contributed by atoms with van der Waals surface area (Å²) < 4.78 is 23.4. The molecule has 0 aliphatic carbocycles. The molecule has 0 bridgehead atoms. The van der Waals surface area contributed by atoms with Crippen LogP contribution in [0.25, 0.3) is 0 Å². The Kier molecular flexibility index (Phi) is 6.51. The van der Waals surface area contributed by atoms with Crippen LogP contribution < -0.4 is 14.8 Å². The van der Waals surface area contributed by atoms with E-state index in [1.54, 1.807) is 19.2 Å². The van der Waals surface area contributed by atoms with Gasteiger partial charge in [0.2, 0.25) is 5.91 Å². The number of rotatable bonds is 8. The minimum absolute atomic E-state index is 0.0580. The third kappa shape index (κ3) is 5.04.